The molecule has 0 radical (unpaired) electrons. The van der Waals surface area contributed by atoms with Crippen LogP contribution >= 0.6 is 0 Å². The topological polar surface area (TPSA) is 52.6 Å². The van der Waals surface area contributed by atoms with E-state index in [1.54, 1.807) is 13.8 Å². The predicted molar refractivity (Wildman–Crippen MR) is 53.7 cm³/mol. The first kappa shape index (κ1) is 11.8. The van der Waals surface area contributed by atoms with E-state index >= 15 is 0 Å². The van der Waals surface area contributed by atoms with Crippen molar-refractivity contribution < 1.29 is 19.1 Å². The van der Waals surface area contributed by atoms with E-state index in [1.807, 2.05) is 6.92 Å². The molecule has 4 nitrogen and oxygen atoms in total. The molecule has 0 spiro atoms. The van der Waals surface area contributed by atoms with Crippen molar-refractivity contribution in [3.05, 3.63) is 12.3 Å². The largest absolute Gasteiger partial charge is 0.496 e. The van der Waals surface area contributed by atoms with Crippen molar-refractivity contribution in [1.29, 1.82) is 0 Å². The van der Waals surface area contributed by atoms with Gasteiger partial charge in [0.1, 0.15) is 0 Å². The molecule has 1 aliphatic heterocycles. The van der Waals surface area contributed by atoms with E-state index in [0.717, 1.165) is 0 Å². The lowest BCUT2D eigenvalue weighted by Crippen LogP contribution is -2.21. The smallest absolute Gasteiger partial charge is 0.317 e. The van der Waals surface area contributed by atoms with E-state index in [9.17, 15) is 9.59 Å². The molecule has 0 saturated carbocycles. The van der Waals surface area contributed by atoms with Crippen LogP contribution in [0.25, 0.3) is 0 Å². The van der Waals surface area contributed by atoms with Crippen LogP contribution in [0.1, 0.15) is 27.2 Å². The monoisotopic (exact) mass is 212 g/mol. The molecule has 1 heterocycles. The number of carbonyl (C=O) groups excluding carboxylic acids is 2. The van der Waals surface area contributed by atoms with Crippen molar-refractivity contribution in [2.45, 2.75) is 33.3 Å². The zero-order valence-electron chi connectivity index (χ0n) is 9.28. The maximum atomic E-state index is 11.3. The van der Waals surface area contributed by atoms with Crippen LogP contribution in [0.3, 0.4) is 0 Å². The van der Waals surface area contributed by atoms with Crippen molar-refractivity contribution in [2.24, 2.45) is 11.8 Å². The summed E-state index contributed by atoms with van der Waals surface area (Å²) in [5, 5.41) is 0. The summed E-state index contributed by atoms with van der Waals surface area (Å²) in [6, 6.07) is 0. The molecule has 3 atom stereocenters. The molecule has 4 heteroatoms. The number of allylic oxidation sites excluding steroid dienone is 1. The van der Waals surface area contributed by atoms with Crippen LogP contribution in [-0.2, 0) is 19.1 Å². The van der Waals surface area contributed by atoms with Crippen molar-refractivity contribution in [1.82, 2.24) is 0 Å². The highest BCUT2D eigenvalue weighted by molar-refractivity contribution is 5.96. The highest BCUT2D eigenvalue weighted by Gasteiger charge is 2.41. The Kier molecular flexibility index (Phi) is 3.50. The number of rotatable bonds is 4. The first-order chi connectivity index (χ1) is 6.91. The van der Waals surface area contributed by atoms with E-state index in [0.29, 0.717) is 12.2 Å². The summed E-state index contributed by atoms with van der Waals surface area (Å²) < 4.78 is 9.87. The molecule has 0 aromatic rings. The number of esters is 2. The fourth-order valence-electron chi connectivity index (χ4n) is 1.69. The number of carbonyl (C=O) groups is 2. The van der Waals surface area contributed by atoms with Gasteiger partial charge in [-0.25, -0.2) is 0 Å². The van der Waals surface area contributed by atoms with Crippen LogP contribution in [0.15, 0.2) is 12.3 Å². The van der Waals surface area contributed by atoms with Gasteiger partial charge >= 0.3 is 11.9 Å². The third-order valence-electron chi connectivity index (χ3n) is 2.47. The summed E-state index contributed by atoms with van der Waals surface area (Å²) >= 11 is 0. The molecule has 1 aliphatic rings. The molecule has 84 valence electrons. The standard InChI is InChI=1S/C11H16O4/c1-6(2)14-7(3)5-9-8(4)10(12)15-11(9)13/h7-9H,1,5H2,2-4H3. The fourth-order valence-corrected chi connectivity index (χ4v) is 1.69. The molecule has 0 aliphatic carbocycles. The van der Waals surface area contributed by atoms with Crippen LogP contribution in [0.5, 0.6) is 0 Å². The summed E-state index contributed by atoms with van der Waals surface area (Å²) in [7, 11) is 0. The van der Waals surface area contributed by atoms with Crippen molar-refractivity contribution in [2.75, 3.05) is 0 Å². The molecule has 15 heavy (non-hydrogen) atoms. The van der Waals surface area contributed by atoms with E-state index in [-0.39, 0.29) is 17.9 Å². The third kappa shape index (κ3) is 2.81. The molecule has 0 bridgehead atoms. The number of cyclic esters (lactones) is 2. The van der Waals surface area contributed by atoms with Gasteiger partial charge in [0, 0.05) is 0 Å². The minimum atomic E-state index is -0.440. The molecular formula is C11H16O4. The number of ether oxygens (including phenoxy) is 2. The normalized spacial score (nSPS) is 27.4. The van der Waals surface area contributed by atoms with Gasteiger partial charge < -0.3 is 9.47 Å². The SMILES string of the molecule is C=C(C)OC(C)CC1C(=O)OC(=O)C1C. The van der Waals surface area contributed by atoms with Gasteiger partial charge in [-0.05, 0) is 20.3 Å². The lowest BCUT2D eigenvalue weighted by atomic mass is 9.91. The van der Waals surface area contributed by atoms with Crippen molar-refractivity contribution in [3.63, 3.8) is 0 Å². The van der Waals surface area contributed by atoms with Crippen LogP contribution in [0.2, 0.25) is 0 Å². The van der Waals surface area contributed by atoms with Gasteiger partial charge in [-0.3, -0.25) is 9.59 Å². The minimum Gasteiger partial charge on any atom is -0.496 e. The van der Waals surface area contributed by atoms with Crippen molar-refractivity contribution >= 4 is 11.9 Å². The maximum Gasteiger partial charge on any atom is 0.317 e. The molecular weight excluding hydrogens is 196 g/mol. The second-order valence-corrected chi connectivity index (χ2v) is 4.00. The molecule has 1 fully saturated rings. The Morgan fingerprint density at radius 2 is 2.13 bits per heavy atom. The second kappa shape index (κ2) is 4.47. The Balaban J connectivity index is 2.54. The Labute approximate surface area is 89.2 Å². The second-order valence-electron chi connectivity index (χ2n) is 4.00. The predicted octanol–water partition coefficient (Wildman–Crippen LogP) is 1.65. The summed E-state index contributed by atoms with van der Waals surface area (Å²) in [6.45, 7) is 8.91. The van der Waals surface area contributed by atoms with E-state index in [4.69, 9.17) is 4.74 Å². The zero-order valence-corrected chi connectivity index (χ0v) is 9.28. The van der Waals surface area contributed by atoms with Gasteiger partial charge in [0.2, 0.25) is 0 Å². The van der Waals surface area contributed by atoms with Crippen LogP contribution < -0.4 is 0 Å². The first-order valence-corrected chi connectivity index (χ1v) is 4.99. The third-order valence-corrected chi connectivity index (χ3v) is 2.47. The van der Waals surface area contributed by atoms with Gasteiger partial charge in [0.15, 0.2) is 0 Å². The van der Waals surface area contributed by atoms with Gasteiger partial charge in [-0.15, -0.1) is 0 Å². The van der Waals surface area contributed by atoms with Crippen LogP contribution in [0.4, 0.5) is 0 Å². The van der Waals surface area contributed by atoms with Gasteiger partial charge in [0.25, 0.3) is 0 Å². The van der Waals surface area contributed by atoms with E-state index < -0.39 is 11.9 Å². The van der Waals surface area contributed by atoms with E-state index in [2.05, 4.69) is 11.3 Å². The fraction of sp³-hybridized carbons (Fsp3) is 0.636. The average Bonchev–Trinajstić information content (AvgIpc) is 2.31. The van der Waals surface area contributed by atoms with Crippen LogP contribution in [-0.4, -0.2) is 18.0 Å². The zero-order chi connectivity index (χ0) is 11.6. The molecule has 0 N–H and O–H groups in total. The van der Waals surface area contributed by atoms with E-state index in [1.165, 1.54) is 0 Å². The first-order valence-electron chi connectivity index (χ1n) is 4.99. The molecule has 0 aromatic heterocycles. The molecule has 0 aromatic carbocycles. The number of hydrogen-bond acceptors (Lipinski definition) is 4. The highest BCUT2D eigenvalue weighted by Crippen LogP contribution is 2.28. The molecule has 0 amide bonds. The van der Waals surface area contributed by atoms with Gasteiger partial charge in [-0.1, -0.05) is 13.5 Å². The Bertz CT molecular complexity index is 295. The summed E-state index contributed by atoms with van der Waals surface area (Å²) in [4.78, 5) is 22.4. The Morgan fingerprint density at radius 3 is 2.53 bits per heavy atom. The number of hydrogen-bond donors (Lipinski definition) is 0. The lowest BCUT2D eigenvalue weighted by Gasteiger charge is -2.17. The maximum absolute atomic E-state index is 11.3. The van der Waals surface area contributed by atoms with Gasteiger partial charge in [-0.2, -0.15) is 0 Å². The van der Waals surface area contributed by atoms with Gasteiger partial charge in [0.05, 0.1) is 23.7 Å². The molecule has 1 rings (SSSR count). The highest BCUT2D eigenvalue weighted by atomic mass is 16.6. The molecule has 1 saturated heterocycles. The summed E-state index contributed by atoms with van der Waals surface area (Å²) in [6.07, 6.45) is 0.354. The average molecular weight is 212 g/mol. The summed E-state index contributed by atoms with van der Waals surface area (Å²) in [5.41, 5.74) is 0. The summed E-state index contributed by atoms with van der Waals surface area (Å²) in [5.74, 6) is -1.02. The minimum absolute atomic E-state index is 0.131. The molecule has 3 unspecified atom stereocenters. The lowest BCUT2D eigenvalue weighted by molar-refractivity contribution is -0.153. The Hall–Kier alpha value is -1.32. The van der Waals surface area contributed by atoms with Crippen molar-refractivity contribution in [3.8, 4) is 0 Å². The quantitative estimate of drug-likeness (QED) is 0.404. The van der Waals surface area contributed by atoms with Crippen LogP contribution in [0, 0.1) is 11.8 Å². The Morgan fingerprint density at radius 1 is 1.53 bits per heavy atom.